The van der Waals surface area contributed by atoms with E-state index in [1.807, 2.05) is 56.3 Å². The first-order valence-electron chi connectivity index (χ1n) is 12.6. The molecule has 1 N–H and O–H groups in total. The van der Waals surface area contributed by atoms with Crippen LogP contribution in [0.1, 0.15) is 43.0 Å². The van der Waals surface area contributed by atoms with Crippen LogP contribution in [0, 0.1) is 27.7 Å². The van der Waals surface area contributed by atoms with Gasteiger partial charge in [0.15, 0.2) is 5.75 Å². The molecule has 4 nitrogen and oxygen atoms in total. The Balaban J connectivity index is 1.55. The van der Waals surface area contributed by atoms with Crippen LogP contribution in [0.4, 0.5) is 0 Å². The van der Waals surface area contributed by atoms with E-state index in [1.54, 1.807) is 12.1 Å². The fourth-order valence-corrected chi connectivity index (χ4v) is 5.85. The van der Waals surface area contributed by atoms with Crippen molar-refractivity contribution in [2.24, 2.45) is 0 Å². The summed E-state index contributed by atoms with van der Waals surface area (Å²) in [7, 11) is 0. The molecule has 0 fully saturated rings. The normalized spacial score (nSPS) is 11.5. The van der Waals surface area contributed by atoms with Gasteiger partial charge < -0.3 is 9.84 Å². The van der Waals surface area contributed by atoms with Crippen molar-refractivity contribution in [3.8, 4) is 5.75 Å². The Hall–Kier alpha value is -4.70. The van der Waals surface area contributed by atoms with Crippen LogP contribution in [0.2, 0.25) is 0 Å². The number of benzene rings is 6. The molecule has 0 radical (unpaired) electrons. The van der Waals surface area contributed by atoms with Crippen molar-refractivity contribution in [1.82, 2.24) is 0 Å². The standard InChI is InChI=1S/C34H26O4/c1-18-23-9-5-6-11-25(23)20(3)30-17-22(13-14-27(18)30)34(37)38-32-29(33(35)36)16-15-28-19(2)24-10-7-8-12-26(24)21(4)31(28)32/h5-17H,1-4H3,(H,35,36). The van der Waals surface area contributed by atoms with Crippen LogP contribution in [0.15, 0.2) is 78.9 Å². The van der Waals surface area contributed by atoms with E-state index in [4.69, 9.17) is 4.74 Å². The Morgan fingerprint density at radius 3 is 1.63 bits per heavy atom. The summed E-state index contributed by atoms with van der Waals surface area (Å²) >= 11 is 0. The van der Waals surface area contributed by atoms with Crippen LogP contribution < -0.4 is 4.74 Å². The van der Waals surface area contributed by atoms with Crippen LogP contribution in [-0.2, 0) is 0 Å². The fraction of sp³-hybridized carbons (Fsp3) is 0.118. The molecule has 0 aromatic heterocycles. The van der Waals surface area contributed by atoms with Crippen molar-refractivity contribution >= 4 is 55.0 Å². The molecule has 0 bridgehead atoms. The highest BCUT2D eigenvalue weighted by atomic mass is 16.5. The number of esters is 1. The Morgan fingerprint density at radius 1 is 0.579 bits per heavy atom. The molecule has 0 atom stereocenters. The molecule has 4 heteroatoms. The number of hydrogen-bond acceptors (Lipinski definition) is 3. The first-order chi connectivity index (χ1) is 18.3. The van der Waals surface area contributed by atoms with Crippen LogP contribution in [-0.4, -0.2) is 17.0 Å². The molecule has 0 aliphatic heterocycles. The van der Waals surface area contributed by atoms with E-state index < -0.39 is 11.9 Å². The number of aryl methyl sites for hydroxylation is 4. The number of carbonyl (C=O) groups is 2. The van der Waals surface area contributed by atoms with Crippen molar-refractivity contribution < 1.29 is 19.4 Å². The molecule has 6 aromatic carbocycles. The number of rotatable bonds is 3. The summed E-state index contributed by atoms with van der Waals surface area (Å²) in [6, 6.07) is 25.1. The summed E-state index contributed by atoms with van der Waals surface area (Å²) in [5.41, 5.74) is 4.47. The number of hydrogen-bond donors (Lipinski definition) is 1. The largest absolute Gasteiger partial charge is 0.478 e. The maximum atomic E-state index is 13.6. The highest BCUT2D eigenvalue weighted by Gasteiger charge is 2.23. The summed E-state index contributed by atoms with van der Waals surface area (Å²) in [5, 5.41) is 18.0. The lowest BCUT2D eigenvalue weighted by molar-refractivity contribution is 0.0682. The van der Waals surface area contributed by atoms with Gasteiger partial charge in [0.1, 0.15) is 5.56 Å². The van der Waals surface area contributed by atoms with E-state index >= 15 is 0 Å². The minimum atomic E-state index is -1.14. The van der Waals surface area contributed by atoms with Crippen LogP contribution in [0.5, 0.6) is 5.75 Å². The zero-order valence-corrected chi connectivity index (χ0v) is 21.7. The van der Waals surface area contributed by atoms with Crippen molar-refractivity contribution in [2.75, 3.05) is 0 Å². The molecule has 0 saturated heterocycles. The van der Waals surface area contributed by atoms with Gasteiger partial charge in [0.2, 0.25) is 0 Å². The van der Waals surface area contributed by atoms with E-state index in [0.717, 1.165) is 54.6 Å². The molecule has 0 spiro atoms. The van der Waals surface area contributed by atoms with Gasteiger partial charge in [-0.25, -0.2) is 9.59 Å². The quantitative estimate of drug-likeness (QED) is 0.151. The van der Waals surface area contributed by atoms with Crippen molar-refractivity contribution in [1.29, 1.82) is 0 Å². The first-order valence-corrected chi connectivity index (χ1v) is 12.6. The SMILES string of the molecule is Cc1c2ccccc2c(C)c2cc(C(=O)Oc3c(C(=O)O)ccc4c(C)c5ccccc5c(C)c34)ccc12. The Morgan fingerprint density at radius 2 is 1.05 bits per heavy atom. The van der Waals surface area contributed by atoms with Crippen LogP contribution in [0.25, 0.3) is 43.1 Å². The molecule has 0 aliphatic carbocycles. The van der Waals surface area contributed by atoms with Gasteiger partial charge in [0.25, 0.3) is 0 Å². The van der Waals surface area contributed by atoms with E-state index in [9.17, 15) is 14.7 Å². The Bertz CT molecular complexity index is 1980. The monoisotopic (exact) mass is 498 g/mol. The van der Waals surface area contributed by atoms with Crippen molar-refractivity contribution in [2.45, 2.75) is 27.7 Å². The minimum absolute atomic E-state index is 0.0394. The van der Waals surface area contributed by atoms with E-state index in [1.165, 1.54) is 11.5 Å². The molecular formula is C34H26O4. The molecule has 0 amide bonds. The van der Waals surface area contributed by atoms with Crippen LogP contribution >= 0.6 is 0 Å². The highest BCUT2D eigenvalue weighted by Crippen LogP contribution is 2.40. The molecule has 0 saturated carbocycles. The second-order valence-electron chi connectivity index (χ2n) is 9.91. The molecule has 0 unspecified atom stereocenters. The van der Waals surface area contributed by atoms with E-state index in [0.29, 0.717) is 10.9 Å². The first kappa shape index (κ1) is 23.7. The lowest BCUT2D eigenvalue weighted by atomic mass is 9.91. The number of carboxylic acid groups (broad SMARTS) is 1. The van der Waals surface area contributed by atoms with Gasteiger partial charge in [-0.05, 0) is 106 Å². The van der Waals surface area contributed by atoms with Gasteiger partial charge in [0.05, 0.1) is 5.56 Å². The minimum Gasteiger partial charge on any atom is -0.478 e. The van der Waals surface area contributed by atoms with E-state index in [2.05, 4.69) is 32.0 Å². The topological polar surface area (TPSA) is 63.6 Å². The third-order valence-corrected chi connectivity index (χ3v) is 7.90. The van der Waals surface area contributed by atoms with Gasteiger partial charge in [0, 0.05) is 5.39 Å². The second kappa shape index (κ2) is 8.70. The average molecular weight is 499 g/mol. The van der Waals surface area contributed by atoms with Gasteiger partial charge in [-0.3, -0.25) is 0 Å². The maximum Gasteiger partial charge on any atom is 0.343 e. The predicted octanol–water partition coefficient (Wildman–Crippen LogP) is 8.45. The predicted molar refractivity (Wildman–Crippen MR) is 154 cm³/mol. The van der Waals surface area contributed by atoms with Gasteiger partial charge in [-0.2, -0.15) is 0 Å². The number of fused-ring (bicyclic) bond motifs is 4. The molecule has 0 aliphatic rings. The lowest BCUT2D eigenvalue weighted by Crippen LogP contribution is -2.12. The van der Waals surface area contributed by atoms with Crippen molar-refractivity contribution in [3.63, 3.8) is 0 Å². The van der Waals surface area contributed by atoms with Crippen LogP contribution in [0.3, 0.4) is 0 Å². The Kier molecular flexibility index (Phi) is 5.42. The second-order valence-corrected chi connectivity index (χ2v) is 9.91. The third kappa shape index (κ3) is 3.45. The molecular weight excluding hydrogens is 472 g/mol. The maximum absolute atomic E-state index is 13.6. The van der Waals surface area contributed by atoms with E-state index in [-0.39, 0.29) is 11.3 Å². The highest BCUT2D eigenvalue weighted by molar-refractivity contribution is 6.13. The van der Waals surface area contributed by atoms with Gasteiger partial charge >= 0.3 is 11.9 Å². The molecule has 6 rings (SSSR count). The zero-order valence-electron chi connectivity index (χ0n) is 21.7. The molecule has 0 heterocycles. The number of carboxylic acids is 1. The number of carbonyl (C=O) groups excluding carboxylic acids is 1. The summed E-state index contributed by atoms with van der Waals surface area (Å²) in [5.74, 6) is -1.65. The summed E-state index contributed by atoms with van der Waals surface area (Å²) < 4.78 is 5.98. The summed E-state index contributed by atoms with van der Waals surface area (Å²) in [6.45, 7) is 8.10. The summed E-state index contributed by atoms with van der Waals surface area (Å²) in [4.78, 5) is 25.8. The lowest BCUT2D eigenvalue weighted by Gasteiger charge is -2.17. The number of aromatic carboxylic acids is 1. The Labute approximate surface area is 220 Å². The van der Waals surface area contributed by atoms with Gasteiger partial charge in [-0.15, -0.1) is 0 Å². The molecule has 186 valence electrons. The molecule has 38 heavy (non-hydrogen) atoms. The number of ether oxygens (including phenoxy) is 1. The summed E-state index contributed by atoms with van der Waals surface area (Å²) in [6.07, 6.45) is 0. The van der Waals surface area contributed by atoms with Gasteiger partial charge in [-0.1, -0.05) is 60.7 Å². The zero-order chi connectivity index (χ0) is 26.7. The van der Waals surface area contributed by atoms with Crippen molar-refractivity contribution in [3.05, 3.63) is 112 Å². The fourth-order valence-electron chi connectivity index (χ4n) is 5.85. The smallest absolute Gasteiger partial charge is 0.343 e. The third-order valence-electron chi connectivity index (χ3n) is 7.90. The average Bonchev–Trinajstić information content (AvgIpc) is 2.94. The molecule has 6 aromatic rings.